The van der Waals surface area contributed by atoms with Crippen LogP contribution in [0.4, 0.5) is 22.7 Å². The van der Waals surface area contributed by atoms with Crippen molar-refractivity contribution >= 4 is 40.3 Å². The third-order valence-electron chi connectivity index (χ3n) is 3.88. The van der Waals surface area contributed by atoms with E-state index in [-0.39, 0.29) is 11.9 Å². The molecule has 1 saturated heterocycles. The van der Waals surface area contributed by atoms with Crippen molar-refractivity contribution in [2.75, 3.05) is 34.6 Å². The number of rotatable bonds is 1. The number of carbonyl (C=O) groups excluding carboxylic acids is 1. The molecular weight excluding hydrogens is 268 g/mol. The summed E-state index contributed by atoms with van der Waals surface area (Å²) in [5.74, 6) is 0.0165. The minimum atomic E-state index is -0.151. The number of anilines is 4. The minimum absolute atomic E-state index is 0.0165. The number of nitrogens with two attached hydrogens (primary N) is 1. The van der Waals surface area contributed by atoms with Crippen molar-refractivity contribution in [3.63, 3.8) is 0 Å². The molecule has 1 aromatic rings. The van der Waals surface area contributed by atoms with Gasteiger partial charge in [-0.3, -0.25) is 15.5 Å². The number of carbonyl (C=O) groups is 1. The Hall–Kier alpha value is -1.66. The lowest BCUT2D eigenvalue weighted by atomic mass is 10.1. The van der Waals surface area contributed by atoms with E-state index in [9.17, 15) is 4.79 Å². The van der Waals surface area contributed by atoms with Gasteiger partial charge in [0.1, 0.15) is 6.04 Å². The highest BCUT2D eigenvalue weighted by Crippen LogP contribution is 2.49. The minimum Gasteiger partial charge on any atom is -0.395 e. The highest BCUT2D eigenvalue weighted by atomic mass is 35.5. The molecule has 0 aromatic heterocycles. The Morgan fingerprint density at radius 1 is 1.53 bits per heavy atom. The van der Waals surface area contributed by atoms with Gasteiger partial charge in [-0.25, -0.2) is 0 Å². The molecule has 102 valence electrons. The van der Waals surface area contributed by atoms with Crippen molar-refractivity contribution in [2.24, 2.45) is 0 Å². The Morgan fingerprint density at radius 3 is 2.95 bits per heavy atom. The van der Waals surface area contributed by atoms with Crippen LogP contribution in [0.15, 0.2) is 6.07 Å². The summed E-state index contributed by atoms with van der Waals surface area (Å²) in [6.45, 7) is 0.794. The molecule has 4 N–H and O–H groups in total. The van der Waals surface area contributed by atoms with Gasteiger partial charge in [-0.15, -0.1) is 0 Å². The van der Waals surface area contributed by atoms with Crippen LogP contribution >= 0.6 is 11.6 Å². The fraction of sp³-hybridized carbons (Fsp3) is 0.417. The molecule has 2 aliphatic heterocycles. The number of nitrogens with one attached hydrogen (secondary N) is 1. The molecule has 2 heterocycles. The van der Waals surface area contributed by atoms with E-state index in [0.717, 1.165) is 25.1 Å². The predicted molar refractivity (Wildman–Crippen MR) is 75.1 cm³/mol. The number of nitrogen functional groups attached to an aromatic ring is 1. The summed E-state index contributed by atoms with van der Waals surface area (Å²) in [5, 5.41) is 9.56. The van der Waals surface area contributed by atoms with Crippen LogP contribution in [0.2, 0.25) is 5.02 Å². The second-order valence-corrected chi connectivity index (χ2v) is 5.28. The molecule has 6 nitrogen and oxygen atoms in total. The van der Waals surface area contributed by atoms with E-state index in [4.69, 9.17) is 22.5 Å². The van der Waals surface area contributed by atoms with E-state index in [1.807, 2.05) is 10.4 Å². The Balaban J connectivity index is 2.27. The van der Waals surface area contributed by atoms with E-state index in [2.05, 4.69) is 0 Å². The summed E-state index contributed by atoms with van der Waals surface area (Å²) in [6, 6.07) is 1.43. The average molecular weight is 283 g/mol. The average Bonchev–Trinajstić information content (AvgIpc) is 2.87. The van der Waals surface area contributed by atoms with Crippen molar-refractivity contribution in [2.45, 2.75) is 18.9 Å². The molecular formula is C12H15ClN4O2. The normalized spacial score (nSPS) is 21.4. The SMILES string of the molecule is CN1C(=O)C2CCCN2c2c(Cl)cc(NO)c(N)c21. The maximum atomic E-state index is 12.3. The number of hydrogen-bond acceptors (Lipinski definition) is 5. The van der Waals surface area contributed by atoms with E-state index < -0.39 is 0 Å². The van der Waals surface area contributed by atoms with Gasteiger partial charge in [-0.1, -0.05) is 11.6 Å². The monoisotopic (exact) mass is 282 g/mol. The summed E-state index contributed by atoms with van der Waals surface area (Å²) < 4.78 is 0. The molecule has 0 aliphatic carbocycles. The Kier molecular flexibility index (Phi) is 2.72. The van der Waals surface area contributed by atoms with Crippen molar-refractivity contribution in [3.05, 3.63) is 11.1 Å². The van der Waals surface area contributed by atoms with Gasteiger partial charge in [0, 0.05) is 13.6 Å². The first-order valence-corrected chi connectivity index (χ1v) is 6.50. The Bertz CT molecular complexity index is 563. The fourth-order valence-corrected chi connectivity index (χ4v) is 3.28. The van der Waals surface area contributed by atoms with E-state index in [0.29, 0.717) is 22.1 Å². The Labute approximate surface area is 115 Å². The summed E-state index contributed by atoms with van der Waals surface area (Å²) in [4.78, 5) is 15.9. The first-order chi connectivity index (χ1) is 9.06. The van der Waals surface area contributed by atoms with E-state index in [1.165, 1.54) is 4.90 Å². The van der Waals surface area contributed by atoms with Crippen LogP contribution in [0.1, 0.15) is 12.8 Å². The number of likely N-dealkylation sites (N-methyl/N-ethyl adjacent to an activating group) is 1. The van der Waals surface area contributed by atoms with Crippen molar-refractivity contribution < 1.29 is 10.0 Å². The topological polar surface area (TPSA) is 81.8 Å². The number of amides is 1. The van der Waals surface area contributed by atoms with Crippen molar-refractivity contribution in [3.8, 4) is 0 Å². The van der Waals surface area contributed by atoms with Gasteiger partial charge >= 0.3 is 0 Å². The first kappa shape index (κ1) is 12.4. The van der Waals surface area contributed by atoms with Crippen LogP contribution in [0.25, 0.3) is 0 Å². The molecule has 1 aromatic carbocycles. The lowest BCUT2D eigenvalue weighted by molar-refractivity contribution is -0.119. The molecule has 0 bridgehead atoms. The molecule has 1 atom stereocenters. The molecule has 3 rings (SSSR count). The van der Waals surface area contributed by atoms with Gasteiger partial charge in [0.15, 0.2) is 0 Å². The number of fused-ring (bicyclic) bond motifs is 3. The van der Waals surface area contributed by atoms with Gasteiger partial charge < -0.3 is 15.5 Å². The maximum Gasteiger partial charge on any atom is 0.249 e. The smallest absolute Gasteiger partial charge is 0.249 e. The Morgan fingerprint density at radius 2 is 2.26 bits per heavy atom. The third-order valence-corrected chi connectivity index (χ3v) is 4.17. The van der Waals surface area contributed by atoms with Crippen LogP contribution < -0.4 is 21.0 Å². The lowest BCUT2D eigenvalue weighted by Gasteiger charge is -2.39. The molecule has 1 fully saturated rings. The number of halogens is 1. The second kappa shape index (κ2) is 4.18. The van der Waals surface area contributed by atoms with Gasteiger partial charge in [-0.05, 0) is 18.9 Å². The van der Waals surface area contributed by atoms with E-state index >= 15 is 0 Å². The standard InChI is InChI=1S/C12H15ClN4O2/c1-16-11-9(14)7(15-19)5-6(13)10(11)17-4-2-3-8(17)12(16)18/h5,8,15,19H,2-4,14H2,1H3. The van der Waals surface area contributed by atoms with Crippen LogP contribution in [0.3, 0.4) is 0 Å². The maximum absolute atomic E-state index is 12.3. The largest absolute Gasteiger partial charge is 0.395 e. The van der Waals surface area contributed by atoms with Gasteiger partial charge in [0.05, 0.1) is 27.8 Å². The molecule has 0 radical (unpaired) electrons. The molecule has 19 heavy (non-hydrogen) atoms. The van der Waals surface area contributed by atoms with Crippen molar-refractivity contribution in [1.29, 1.82) is 0 Å². The molecule has 2 aliphatic rings. The van der Waals surface area contributed by atoms with Crippen molar-refractivity contribution in [1.82, 2.24) is 0 Å². The van der Waals surface area contributed by atoms with Crippen LogP contribution in [-0.4, -0.2) is 30.7 Å². The molecule has 7 heteroatoms. The van der Waals surface area contributed by atoms with Gasteiger partial charge in [0.2, 0.25) is 5.91 Å². The van der Waals surface area contributed by atoms with Gasteiger partial charge in [0.25, 0.3) is 0 Å². The molecule has 0 saturated carbocycles. The second-order valence-electron chi connectivity index (χ2n) is 4.88. The number of hydrogen-bond donors (Lipinski definition) is 3. The zero-order valence-corrected chi connectivity index (χ0v) is 11.2. The summed E-state index contributed by atoms with van der Waals surface area (Å²) in [5.41, 5.74) is 10.0. The van der Waals surface area contributed by atoms with Gasteiger partial charge in [-0.2, -0.15) is 0 Å². The zero-order chi connectivity index (χ0) is 13.7. The first-order valence-electron chi connectivity index (χ1n) is 6.12. The molecule has 1 unspecified atom stereocenters. The highest BCUT2D eigenvalue weighted by molar-refractivity contribution is 6.35. The zero-order valence-electron chi connectivity index (χ0n) is 10.5. The van der Waals surface area contributed by atoms with Crippen LogP contribution in [-0.2, 0) is 4.79 Å². The fourth-order valence-electron chi connectivity index (χ4n) is 2.97. The predicted octanol–water partition coefficient (Wildman–Crippen LogP) is 1.67. The van der Waals surface area contributed by atoms with Crippen LogP contribution in [0, 0.1) is 0 Å². The summed E-state index contributed by atoms with van der Waals surface area (Å²) in [6.07, 6.45) is 1.79. The quantitative estimate of drug-likeness (QED) is 0.539. The summed E-state index contributed by atoms with van der Waals surface area (Å²) >= 11 is 6.29. The van der Waals surface area contributed by atoms with Crippen LogP contribution in [0.5, 0.6) is 0 Å². The number of benzene rings is 1. The molecule has 0 spiro atoms. The highest BCUT2D eigenvalue weighted by Gasteiger charge is 2.41. The third kappa shape index (κ3) is 1.56. The molecule has 1 amide bonds. The summed E-state index contributed by atoms with van der Waals surface area (Å²) in [7, 11) is 1.69. The van der Waals surface area contributed by atoms with E-state index in [1.54, 1.807) is 13.1 Å². The lowest BCUT2D eigenvalue weighted by Crippen LogP contribution is -2.49. The number of nitrogens with zero attached hydrogens (tertiary/aromatic N) is 2.